The third-order valence-corrected chi connectivity index (χ3v) is 6.83. The molecule has 3 saturated carbocycles. The quantitative estimate of drug-likeness (QED) is 0.586. The molecule has 3 aliphatic rings. The zero-order chi connectivity index (χ0) is 10.1. The summed E-state index contributed by atoms with van der Waals surface area (Å²) in [6.07, 6.45) is 6.04. The Labute approximate surface area is 88.5 Å². The molecule has 6 atom stereocenters. The summed E-state index contributed by atoms with van der Waals surface area (Å²) in [5, 5.41) is 0. The van der Waals surface area contributed by atoms with Gasteiger partial charge in [0.1, 0.15) is 0 Å². The molecule has 0 radical (unpaired) electrons. The van der Waals surface area contributed by atoms with Crippen LogP contribution in [0.3, 0.4) is 0 Å². The largest absolute Gasteiger partial charge is 0.0648 e. The van der Waals surface area contributed by atoms with E-state index in [-0.39, 0.29) is 0 Å². The van der Waals surface area contributed by atoms with Gasteiger partial charge in [0, 0.05) is 0 Å². The summed E-state index contributed by atoms with van der Waals surface area (Å²) in [6.45, 7) is 10.1. The molecule has 3 aliphatic carbocycles. The maximum absolute atomic E-state index is 2.60. The highest BCUT2D eigenvalue weighted by Crippen LogP contribution is 2.77. The van der Waals surface area contributed by atoms with Crippen molar-refractivity contribution >= 4 is 0 Å². The van der Waals surface area contributed by atoms with Gasteiger partial charge in [0.15, 0.2) is 0 Å². The molecule has 14 heavy (non-hydrogen) atoms. The molecule has 0 aromatic heterocycles. The van der Waals surface area contributed by atoms with Crippen LogP contribution in [-0.2, 0) is 0 Å². The molecule has 0 heterocycles. The van der Waals surface area contributed by atoms with Crippen LogP contribution >= 0.6 is 0 Å². The van der Waals surface area contributed by atoms with Crippen molar-refractivity contribution in [3.8, 4) is 0 Å². The zero-order valence-corrected chi connectivity index (χ0v) is 10.1. The fourth-order valence-corrected chi connectivity index (χ4v) is 5.53. The molecule has 0 aromatic rings. The Morgan fingerprint density at radius 3 is 2.43 bits per heavy atom. The Morgan fingerprint density at radius 1 is 1.14 bits per heavy atom. The van der Waals surface area contributed by atoms with Crippen LogP contribution in [0.2, 0.25) is 0 Å². The fraction of sp³-hybridized carbons (Fsp3) is 1.00. The van der Waals surface area contributed by atoms with Gasteiger partial charge in [-0.2, -0.15) is 0 Å². The minimum atomic E-state index is 0.644. The second-order valence-corrected chi connectivity index (χ2v) is 6.81. The van der Waals surface area contributed by atoms with Crippen molar-refractivity contribution in [3.63, 3.8) is 0 Å². The van der Waals surface area contributed by atoms with Gasteiger partial charge >= 0.3 is 0 Å². The Balaban J connectivity index is 1.97. The predicted molar refractivity (Wildman–Crippen MR) is 60.0 cm³/mol. The van der Waals surface area contributed by atoms with E-state index in [1.165, 1.54) is 12.8 Å². The van der Waals surface area contributed by atoms with Crippen LogP contribution in [0.15, 0.2) is 0 Å². The molecule has 3 fully saturated rings. The van der Waals surface area contributed by atoms with Gasteiger partial charge in [-0.05, 0) is 60.2 Å². The summed E-state index contributed by atoms with van der Waals surface area (Å²) >= 11 is 0. The monoisotopic (exact) mass is 192 g/mol. The molecule has 0 spiro atoms. The molecular formula is C14H24. The molecule has 0 nitrogen and oxygen atoms in total. The van der Waals surface area contributed by atoms with Gasteiger partial charge < -0.3 is 0 Å². The second-order valence-electron chi connectivity index (χ2n) is 6.81. The van der Waals surface area contributed by atoms with E-state index in [4.69, 9.17) is 0 Å². The van der Waals surface area contributed by atoms with Crippen LogP contribution in [0.4, 0.5) is 0 Å². The van der Waals surface area contributed by atoms with E-state index >= 15 is 0 Å². The van der Waals surface area contributed by atoms with Gasteiger partial charge in [0.2, 0.25) is 0 Å². The highest BCUT2D eigenvalue weighted by atomic mass is 14.7. The molecule has 3 rings (SSSR count). The fourth-order valence-electron chi connectivity index (χ4n) is 5.53. The van der Waals surface area contributed by atoms with Crippen molar-refractivity contribution in [2.45, 2.75) is 53.4 Å². The summed E-state index contributed by atoms with van der Waals surface area (Å²) in [7, 11) is 0. The van der Waals surface area contributed by atoms with Crippen LogP contribution in [0.5, 0.6) is 0 Å². The van der Waals surface area contributed by atoms with E-state index in [2.05, 4.69) is 27.7 Å². The van der Waals surface area contributed by atoms with Crippen molar-refractivity contribution in [2.75, 3.05) is 0 Å². The zero-order valence-electron chi connectivity index (χ0n) is 10.1. The Bertz CT molecular complexity index is 269. The maximum Gasteiger partial charge on any atom is -0.0233 e. The van der Waals surface area contributed by atoms with Crippen molar-refractivity contribution in [2.24, 2.45) is 34.5 Å². The molecule has 0 amide bonds. The Hall–Kier alpha value is 0. The lowest BCUT2D eigenvalue weighted by atomic mass is 9.29. The maximum atomic E-state index is 2.60. The standard InChI is InChI=1S/C14H24/c1-5-13(3)9(2)6-10-7-11-8-14(13,4)12(10)11/h9-12H,5-8H2,1-4H3. The first-order valence-corrected chi connectivity index (χ1v) is 6.53. The average molecular weight is 192 g/mol. The van der Waals surface area contributed by atoms with Gasteiger partial charge in [-0.3, -0.25) is 0 Å². The Kier molecular flexibility index (Phi) is 1.58. The van der Waals surface area contributed by atoms with Crippen LogP contribution in [0.1, 0.15) is 53.4 Å². The van der Waals surface area contributed by atoms with Gasteiger partial charge in [0.25, 0.3) is 0 Å². The summed E-state index contributed by atoms with van der Waals surface area (Å²) in [6, 6.07) is 0. The predicted octanol–water partition coefficient (Wildman–Crippen LogP) is 4.10. The van der Waals surface area contributed by atoms with Gasteiger partial charge in [-0.25, -0.2) is 0 Å². The SMILES string of the molecule is CCC1(C)C(C)CC2CC3CC1(C)C23. The lowest BCUT2D eigenvalue weighted by molar-refractivity contribution is -0.268. The molecule has 6 unspecified atom stereocenters. The normalized spacial score (nSPS) is 65.1. The topological polar surface area (TPSA) is 0 Å². The minimum Gasteiger partial charge on any atom is -0.0648 e. The number of hydrogen-bond donors (Lipinski definition) is 0. The lowest BCUT2D eigenvalue weighted by Gasteiger charge is -2.75. The summed E-state index contributed by atoms with van der Waals surface area (Å²) in [5.74, 6) is 4.35. The minimum absolute atomic E-state index is 0.644. The number of rotatable bonds is 1. The van der Waals surface area contributed by atoms with E-state index in [0.717, 1.165) is 23.7 Å². The van der Waals surface area contributed by atoms with Crippen LogP contribution in [-0.4, -0.2) is 0 Å². The molecule has 80 valence electrons. The van der Waals surface area contributed by atoms with E-state index in [9.17, 15) is 0 Å². The number of hydrogen-bond acceptors (Lipinski definition) is 0. The van der Waals surface area contributed by atoms with Crippen LogP contribution in [0, 0.1) is 34.5 Å². The van der Waals surface area contributed by atoms with Crippen molar-refractivity contribution < 1.29 is 0 Å². The molecule has 0 aliphatic heterocycles. The van der Waals surface area contributed by atoms with Gasteiger partial charge in [0.05, 0.1) is 0 Å². The lowest BCUT2D eigenvalue weighted by Crippen LogP contribution is -2.68. The molecule has 0 bridgehead atoms. The summed E-state index contributed by atoms with van der Waals surface area (Å²) in [4.78, 5) is 0. The first kappa shape index (κ1) is 9.24. The molecular weight excluding hydrogens is 168 g/mol. The first-order chi connectivity index (χ1) is 6.53. The van der Waals surface area contributed by atoms with Crippen molar-refractivity contribution in [1.82, 2.24) is 0 Å². The van der Waals surface area contributed by atoms with Crippen LogP contribution in [0.25, 0.3) is 0 Å². The van der Waals surface area contributed by atoms with E-state index in [1.54, 1.807) is 12.8 Å². The summed E-state index contributed by atoms with van der Waals surface area (Å²) in [5.41, 5.74) is 1.36. The van der Waals surface area contributed by atoms with Gasteiger partial charge in [-0.15, -0.1) is 0 Å². The summed E-state index contributed by atoms with van der Waals surface area (Å²) < 4.78 is 0. The highest BCUT2D eigenvalue weighted by Gasteiger charge is 2.69. The van der Waals surface area contributed by atoms with Gasteiger partial charge in [-0.1, -0.05) is 27.7 Å². The first-order valence-electron chi connectivity index (χ1n) is 6.53. The molecule has 0 N–H and O–H groups in total. The highest BCUT2D eigenvalue weighted by molar-refractivity contribution is 5.18. The molecule has 0 aromatic carbocycles. The van der Waals surface area contributed by atoms with Crippen LogP contribution < -0.4 is 0 Å². The molecule has 0 saturated heterocycles. The third-order valence-electron chi connectivity index (χ3n) is 6.83. The second kappa shape index (κ2) is 2.39. The third kappa shape index (κ3) is 0.717. The molecule has 0 heteroatoms. The van der Waals surface area contributed by atoms with E-state index < -0.39 is 0 Å². The van der Waals surface area contributed by atoms with Crippen molar-refractivity contribution in [1.29, 1.82) is 0 Å². The van der Waals surface area contributed by atoms with E-state index in [1.807, 2.05) is 0 Å². The van der Waals surface area contributed by atoms with Crippen molar-refractivity contribution in [3.05, 3.63) is 0 Å². The smallest absolute Gasteiger partial charge is 0.0233 e. The van der Waals surface area contributed by atoms with E-state index in [0.29, 0.717) is 10.8 Å². The average Bonchev–Trinajstić information content (AvgIpc) is 2.11. The Morgan fingerprint density at radius 2 is 1.86 bits per heavy atom.